The third-order valence-electron chi connectivity index (χ3n) is 4.20. The summed E-state index contributed by atoms with van der Waals surface area (Å²) >= 11 is 0. The number of alkyl halides is 6. The highest BCUT2D eigenvalue weighted by Crippen LogP contribution is 2.31. The van der Waals surface area contributed by atoms with Crippen LogP contribution in [0, 0.1) is 0 Å². The van der Waals surface area contributed by atoms with Crippen LogP contribution in [0.1, 0.15) is 11.1 Å². The molecular weight excluding hydrogens is 378 g/mol. The summed E-state index contributed by atoms with van der Waals surface area (Å²) in [6, 6.07) is 4.14. The lowest BCUT2D eigenvalue weighted by Crippen LogP contribution is -2.48. The summed E-state index contributed by atoms with van der Waals surface area (Å²) in [5.41, 5.74) is 0.789. The van der Waals surface area contributed by atoms with E-state index in [1.165, 1.54) is 18.2 Å². The Bertz CT molecular complexity index is 689. The maximum atomic E-state index is 12.6. The molecule has 0 saturated carbocycles. The van der Waals surface area contributed by atoms with E-state index in [1.54, 1.807) is 22.3 Å². The maximum Gasteiger partial charge on any atom is 0.411 e. The van der Waals surface area contributed by atoms with Crippen molar-refractivity contribution in [2.45, 2.75) is 31.2 Å². The molecule has 150 valence electrons. The number of fused-ring (bicyclic) bond motifs is 1. The van der Waals surface area contributed by atoms with Crippen molar-refractivity contribution in [2.24, 2.45) is 0 Å². The Kier molecular flexibility index (Phi) is 5.57. The van der Waals surface area contributed by atoms with Crippen LogP contribution in [0.3, 0.4) is 0 Å². The van der Waals surface area contributed by atoms with Gasteiger partial charge in [0.15, 0.2) is 0 Å². The Labute approximate surface area is 151 Å². The van der Waals surface area contributed by atoms with Crippen LogP contribution >= 0.6 is 0 Å². The van der Waals surface area contributed by atoms with Gasteiger partial charge in [-0.15, -0.1) is 0 Å². The van der Waals surface area contributed by atoms with Gasteiger partial charge < -0.3 is 14.5 Å². The van der Waals surface area contributed by atoms with Crippen LogP contribution in [-0.2, 0) is 17.6 Å². The highest BCUT2D eigenvalue weighted by molar-refractivity contribution is 5.39. The van der Waals surface area contributed by atoms with Crippen molar-refractivity contribution in [3.8, 4) is 5.75 Å². The second-order valence-electron chi connectivity index (χ2n) is 6.45. The summed E-state index contributed by atoms with van der Waals surface area (Å²) in [6.07, 6.45) is -5.82. The fraction of sp³-hybridized carbons (Fsp3) is 0.529. The highest BCUT2D eigenvalue weighted by Gasteiger charge is 2.33. The molecule has 1 unspecified atom stereocenters. The van der Waals surface area contributed by atoms with Gasteiger partial charge >= 0.3 is 12.4 Å². The molecule has 3 rings (SSSR count). The fourth-order valence-electron chi connectivity index (χ4n) is 3.15. The summed E-state index contributed by atoms with van der Waals surface area (Å²) in [5.74, 6) is 0.528. The van der Waals surface area contributed by atoms with E-state index in [0.717, 1.165) is 0 Å². The Morgan fingerprint density at radius 3 is 2.59 bits per heavy atom. The van der Waals surface area contributed by atoms with Crippen LogP contribution in [-0.4, -0.2) is 54.9 Å². The standard InChI is InChI=1S/C17H18F6N2O2/c18-16(19,20)8-12-2-3-15-13(6-12)7-14(9-27-15)25-5-1-4-24(25)11-26-10-17(21,22)23/h1-3,5-6,14H,4,7-11H2. The summed E-state index contributed by atoms with van der Waals surface area (Å²) in [5, 5.41) is 3.31. The molecule has 0 amide bonds. The van der Waals surface area contributed by atoms with Crippen LogP contribution in [0.5, 0.6) is 5.75 Å². The minimum absolute atomic E-state index is 0.146. The van der Waals surface area contributed by atoms with E-state index in [4.69, 9.17) is 9.47 Å². The molecule has 0 saturated heterocycles. The van der Waals surface area contributed by atoms with Crippen LogP contribution < -0.4 is 4.74 Å². The van der Waals surface area contributed by atoms with Gasteiger partial charge in [-0.2, -0.15) is 31.4 Å². The lowest BCUT2D eigenvalue weighted by atomic mass is 9.99. The van der Waals surface area contributed by atoms with Crippen LogP contribution in [0.2, 0.25) is 0 Å². The molecule has 27 heavy (non-hydrogen) atoms. The first-order valence-electron chi connectivity index (χ1n) is 8.26. The van der Waals surface area contributed by atoms with Gasteiger partial charge in [-0.1, -0.05) is 18.2 Å². The number of hydrazine groups is 1. The molecule has 1 aromatic rings. The van der Waals surface area contributed by atoms with Gasteiger partial charge in [0.1, 0.15) is 25.7 Å². The lowest BCUT2D eigenvalue weighted by molar-refractivity contribution is -0.195. The second-order valence-corrected chi connectivity index (χ2v) is 6.45. The first-order valence-corrected chi connectivity index (χ1v) is 8.26. The quantitative estimate of drug-likeness (QED) is 0.709. The molecule has 0 spiro atoms. The molecule has 0 aliphatic carbocycles. The maximum absolute atomic E-state index is 12.6. The second kappa shape index (κ2) is 7.59. The average Bonchev–Trinajstić information content (AvgIpc) is 3.00. The number of nitrogens with zero attached hydrogens (tertiary/aromatic N) is 2. The first-order chi connectivity index (χ1) is 12.6. The van der Waals surface area contributed by atoms with Crippen molar-refractivity contribution in [3.05, 3.63) is 41.6 Å². The van der Waals surface area contributed by atoms with Crippen molar-refractivity contribution in [3.63, 3.8) is 0 Å². The molecule has 2 aliphatic heterocycles. The monoisotopic (exact) mass is 396 g/mol. The van der Waals surface area contributed by atoms with Crippen LogP contribution in [0.4, 0.5) is 26.3 Å². The summed E-state index contributed by atoms with van der Waals surface area (Å²) < 4.78 is 84.8. The predicted octanol–water partition coefficient (Wildman–Crippen LogP) is 3.68. The molecule has 0 N–H and O–H groups in total. The Morgan fingerprint density at radius 2 is 1.89 bits per heavy atom. The van der Waals surface area contributed by atoms with Gasteiger partial charge in [-0.05, 0) is 17.2 Å². The topological polar surface area (TPSA) is 24.9 Å². The summed E-state index contributed by atoms with van der Waals surface area (Å²) in [4.78, 5) is 0. The van der Waals surface area contributed by atoms with Gasteiger partial charge in [0.2, 0.25) is 0 Å². The lowest BCUT2D eigenvalue weighted by Gasteiger charge is -2.38. The van der Waals surface area contributed by atoms with E-state index in [0.29, 0.717) is 24.3 Å². The van der Waals surface area contributed by atoms with Crippen molar-refractivity contribution < 1.29 is 35.8 Å². The molecule has 1 atom stereocenters. The van der Waals surface area contributed by atoms with Crippen LogP contribution in [0.25, 0.3) is 0 Å². The highest BCUT2D eigenvalue weighted by atomic mass is 19.4. The zero-order chi connectivity index (χ0) is 19.7. The van der Waals surface area contributed by atoms with Crippen molar-refractivity contribution in [1.29, 1.82) is 0 Å². The van der Waals surface area contributed by atoms with Gasteiger partial charge in [0.05, 0.1) is 12.5 Å². The third-order valence-corrected chi connectivity index (χ3v) is 4.20. The fourth-order valence-corrected chi connectivity index (χ4v) is 3.15. The SMILES string of the molecule is FC(F)(F)COCN1CC=CN1C1COc2ccc(CC(F)(F)F)cc2C1. The first kappa shape index (κ1) is 19.8. The molecule has 0 radical (unpaired) electrons. The molecule has 1 aromatic carbocycles. The van der Waals surface area contributed by atoms with Crippen molar-refractivity contribution >= 4 is 0 Å². The minimum atomic E-state index is -4.40. The largest absolute Gasteiger partial charge is 0.491 e. The predicted molar refractivity (Wildman–Crippen MR) is 83.7 cm³/mol. The average molecular weight is 396 g/mol. The summed E-state index contributed by atoms with van der Waals surface area (Å²) in [7, 11) is 0. The van der Waals surface area contributed by atoms with Crippen LogP contribution in [0.15, 0.2) is 30.5 Å². The minimum Gasteiger partial charge on any atom is -0.491 e. The molecule has 0 fully saturated rings. The van der Waals surface area contributed by atoms with Crippen molar-refractivity contribution in [2.75, 3.05) is 26.5 Å². The number of hydrogen-bond acceptors (Lipinski definition) is 4. The Hall–Kier alpha value is -1.94. The van der Waals surface area contributed by atoms with E-state index < -0.39 is 25.4 Å². The molecule has 10 heteroatoms. The van der Waals surface area contributed by atoms with E-state index in [1.807, 2.05) is 0 Å². The zero-order valence-corrected chi connectivity index (χ0v) is 14.2. The number of halogens is 6. The Balaban J connectivity index is 1.63. The van der Waals surface area contributed by atoms with Gasteiger partial charge in [-0.3, -0.25) is 0 Å². The number of benzene rings is 1. The van der Waals surface area contributed by atoms with Gasteiger partial charge in [-0.25, -0.2) is 0 Å². The molecular formula is C17H18F6N2O2. The number of ether oxygens (including phenoxy) is 2. The van der Waals surface area contributed by atoms with E-state index in [-0.39, 0.29) is 24.9 Å². The molecule has 2 heterocycles. The number of hydrogen-bond donors (Lipinski definition) is 0. The van der Waals surface area contributed by atoms with E-state index in [2.05, 4.69) is 0 Å². The van der Waals surface area contributed by atoms with Gasteiger partial charge in [0.25, 0.3) is 0 Å². The summed E-state index contributed by atoms with van der Waals surface area (Å²) in [6.45, 7) is -0.937. The van der Waals surface area contributed by atoms with E-state index in [9.17, 15) is 26.3 Å². The molecule has 4 nitrogen and oxygen atoms in total. The molecule has 0 aromatic heterocycles. The zero-order valence-electron chi connectivity index (χ0n) is 14.2. The smallest absolute Gasteiger partial charge is 0.411 e. The molecule has 2 aliphatic rings. The van der Waals surface area contributed by atoms with E-state index >= 15 is 0 Å². The molecule has 0 bridgehead atoms. The third kappa shape index (κ3) is 5.52. The Morgan fingerprint density at radius 1 is 1.11 bits per heavy atom. The van der Waals surface area contributed by atoms with Gasteiger partial charge in [0, 0.05) is 19.2 Å². The van der Waals surface area contributed by atoms with Crippen molar-refractivity contribution in [1.82, 2.24) is 10.0 Å². The normalized spacial score (nSPS) is 20.7. The number of rotatable bonds is 5.